The van der Waals surface area contributed by atoms with Crippen LogP contribution in [0.15, 0.2) is 48.6 Å². The van der Waals surface area contributed by atoms with Crippen LogP contribution in [0.25, 0.3) is 0 Å². The number of unbranched alkanes of at least 4 members (excludes halogenated alkanes) is 42. The third kappa shape index (κ3) is 62.1. The highest BCUT2D eigenvalue weighted by atomic mass is 16.6. The quantitative estimate of drug-likeness (QED) is 0.0261. The van der Waals surface area contributed by atoms with E-state index in [2.05, 4.69) is 69.4 Å². The van der Waals surface area contributed by atoms with Crippen molar-refractivity contribution in [3.8, 4) is 0 Å². The average molecular weight is 1050 g/mol. The summed E-state index contributed by atoms with van der Waals surface area (Å²) in [5, 5.41) is 0. The second kappa shape index (κ2) is 63.9. The van der Waals surface area contributed by atoms with Crippen molar-refractivity contribution in [3.05, 3.63) is 48.6 Å². The Morgan fingerprint density at radius 3 is 0.813 bits per heavy atom. The molecular weight excluding hydrogens is 925 g/mol. The van der Waals surface area contributed by atoms with Crippen LogP contribution in [0.1, 0.15) is 355 Å². The number of esters is 3. The van der Waals surface area contributed by atoms with E-state index in [4.69, 9.17) is 14.2 Å². The van der Waals surface area contributed by atoms with Crippen LogP contribution in [-0.2, 0) is 28.6 Å². The van der Waals surface area contributed by atoms with Crippen molar-refractivity contribution in [1.29, 1.82) is 0 Å². The molecule has 0 heterocycles. The number of carbonyl (C=O) groups is 3. The molecule has 6 nitrogen and oxygen atoms in total. The average Bonchev–Trinajstić information content (AvgIpc) is 3.41. The molecule has 0 radical (unpaired) electrons. The zero-order valence-corrected chi connectivity index (χ0v) is 50.3. The topological polar surface area (TPSA) is 78.9 Å². The summed E-state index contributed by atoms with van der Waals surface area (Å²) < 4.78 is 16.9. The van der Waals surface area contributed by atoms with E-state index in [1.165, 1.54) is 225 Å². The lowest BCUT2D eigenvalue weighted by Gasteiger charge is -2.18. The molecule has 1 atom stereocenters. The van der Waals surface area contributed by atoms with Gasteiger partial charge in [0.25, 0.3) is 0 Å². The first-order valence-electron chi connectivity index (χ1n) is 33.1. The Labute approximate surface area is 467 Å². The SMILES string of the molecule is CC/C=C\C/C=C\C/C=C\C/C=C\CCCCCCCCCCC(=O)OC(COC(=O)CCCCCCCCCC)COC(=O)CCCCCCCCCCCCCCCCCCCCCCCCCCCCCC. The number of allylic oxidation sites excluding steroid dienone is 8. The molecule has 0 bridgehead atoms. The lowest BCUT2D eigenvalue weighted by Crippen LogP contribution is -2.30. The lowest BCUT2D eigenvalue weighted by atomic mass is 10.0. The number of ether oxygens (including phenoxy) is 3. The summed E-state index contributed by atoms with van der Waals surface area (Å²) in [6.07, 6.45) is 80.1. The smallest absolute Gasteiger partial charge is 0.306 e. The van der Waals surface area contributed by atoms with E-state index in [0.717, 1.165) is 89.9 Å². The van der Waals surface area contributed by atoms with E-state index in [0.29, 0.717) is 19.3 Å². The molecule has 0 saturated carbocycles. The van der Waals surface area contributed by atoms with Crippen molar-refractivity contribution < 1.29 is 28.6 Å². The van der Waals surface area contributed by atoms with Crippen molar-refractivity contribution in [2.45, 2.75) is 361 Å². The van der Waals surface area contributed by atoms with Crippen LogP contribution in [0.3, 0.4) is 0 Å². The maximum Gasteiger partial charge on any atom is 0.306 e. The molecule has 0 aliphatic rings. The van der Waals surface area contributed by atoms with Gasteiger partial charge in [0, 0.05) is 19.3 Å². The maximum atomic E-state index is 12.9. The maximum absolute atomic E-state index is 12.9. The van der Waals surface area contributed by atoms with Gasteiger partial charge in [-0.1, -0.05) is 326 Å². The fourth-order valence-corrected chi connectivity index (χ4v) is 9.91. The first kappa shape index (κ1) is 72.4. The van der Waals surface area contributed by atoms with Crippen molar-refractivity contribution in [3.63, 3.8) is 0 Å². The first-order chi connectivity index (χ1) is 37.0. The van der Waals surface area contributed by atoms with Gasteiger partial charge in [-0.2, -0.15) is 0 Å². The highest BCUT2D eigenvalue weighted by Gasteiger charge is 2.19. The van der Waals surface area contributed by atoms with Crippen LogP contribution < -0.4 is 0 Å². The third-order valence-electron chi connectivity index (χ3n) is 14.8. The zero-order chi connectivity index (χ0) is 54.3. The fraction of sp³-hybridized carbons (Fsp3) is 0.841. The largest absolute Gasteiger partial charge is 0.462 e. The minimum Gasteiger partial charge on any atom is -0.462 e. The summed E-state index contributed by atoms with van der Waals surface area (Å²) in [5.41, 5.74) is 0. The van der Waals surface area contributed by atoms with Gasteiger partial charge in [-0.25, -0.2) is 0 Å². The van der Waals surface area contributed by atoms with E-state index in [1.54, 1.807) is 0 Å². The predicted molar refractivity (Wildman–Crippen MR) is 325 cm³/mol. The lowest BCUT2D eigenvalue weighted by molar-refractivity contribution is -0.167. The van der Waals surface area contributed by atoms with Crippen LogP contribution in [0.4, 0.5) is 0 Å². The number of hydrogen-bond donors (Lipinski definition) is 0. The Bertz CT molecular complexity index is 1300. The van der Waals surface area contributed by atoms with Gasteiger partial charge in [-0.15, -0.1) is 0 Å². The Morgan fingerprint density at radius 2 is 0.520 bits per heavy atom. The van der Waals surface area contributed by atoms with E-state index in [9.17, 15) is 14.4 Å². The van der Waals surface area contributed by atoms with E-state index < -0.39 is 6.10 Å². The summed E-state index contributed by atoms with van der Waals surface area (Å²) in [6, 6.07) is 0. The molecule has 0 spiro atoms. The van der Waals surface area contributed by atoms with E-state index >= 15 is 0 Å². The molecule has 438 valence electrons. The molecule has 0 N–H and O–H groups in total. The normalized spacial score (nSPS) is 12.3. The molecule has 6 heteroatoms. The summed E-state index contributed by atoms with van der Waals surface area (Å²) in [7, 11) is 0. The Balaban J connectivity index is 4.09. The van der Waals surface area contributed by atoms with Gasteiger partial charge >= 0.3 is 17.9 Å². The molecule has 75 heavy (non-hydrogen) atoms. The van der Waals surface area contributed by atoms with Crippen molar-refractivity contribution in [2.75, 3.05) is 13.2 Å². The van der Waals surface area contributed by atoms with E-state index in [1.807, 2.05) is 0 Å². The molecule has 0 aliphatic heterocycles. The molecule has 0 amide bonds. The molecule has 0 fully saturated rings. The minimum absolute atomic E-state index is 0.0720. The summed E-state index contributed by atoms with van der Waals surface area (Å²) in [6.45, 7) is 6.55. The van der Waals surface area contributed by atoms with E-state index in [-0.39, 0.29) is 31.1 Å². The summed E-state index contributed by atoms with van der Waals surface area (Å²) in [4.78, 5) is 38.2. The molecule has 0 rings (SSSR count). The molecule has 1 unspecified atom stereocenters. The zero-order valence-electron chi connectivity index (χ0n) is 50.3. The van der Waals surface area contributed by atoms with Crippen molar-refractivity contribution >= 4 is 17.9 Å². The van der Waals surface area contributed by atoms with Gasteiger partial charge in [0.05, 0.1) is 0 Å². The first-order valence-corrected chi connectivity index (χ1v) is 33.1. The second-order valence-corrected chi connectivity index (χ2v) is 22.4. The number of rotatable bonds is 61. The monoisotopic (exact) mass is 1050 g/mol. The van der Waals surface area contributed by atoms with Gasteiger partial charge in [0.2, 0.25) is 0 Å². The Kier molecular flexibility index (Phi) is 61.7. The highest BCUT2D eigenvalue weighted by molar-refractivity contribution is 5.71. The van der Waals surface area contributed by atoms with Crippen molar-refractivity contribution in [1.82, 2.24) is 0 Å². The van der Waals surface area contributed by atoms with Gasteiger partial charge < -0.3 is 14.2 Å². The molecule has 0 aromatic rings. The van der Waals surface area contributed by atoms with Gasteiger partial charge in [-0.3, -0.25) is 14.4 Å². The van der Waals surface area contributed by atoms with Crippen LogP contribution in [0.2, 0.25) is 0 Å². The van der Waals surface area contributed by atoms with Crippen LogP contribution in [0.5, 0.6) is 0 Å². The second-order valence-electron chi connectivity index (χ2n) is 22.4. The minimum atomic E-state index is -0.774. The molecular formula is C69H126O6. The predicted octanol–water partition coefficient (Wildman–Crippen LogP) is 22.6. The summed E-state index contributed by atoms with van der Waals surface area (Å²) in [5.74, 6) is -0.864. The third-order valence-corrected chi connectivity index (χ3v) is 14.8. The van der Waals surface area contributed by atoms with Gasteiger partial charge in [0.15, 0.2) is 6.10 Å². The highest BCUT2D eigenvalue weighted by Crippen LogP contribution is 2.18. The van der Waals surface area contributed by atoms with Gasteiger partial charge in [0.1, 0.15) is 13.2 Å². The standard InChI is InChI=1S/C69H126O6/c1-4-7-10-13-16-19-21-23-25-27-29-31-32-33-34-35-36-37-39-40-42-44-46-48-50-53-56-59-62-68(71)74-65-66(64-73-67(70)61-58-55-52-18-15-12-9-6-3)75-69(72)63-60-57-54-51-49-47-45-43-41-38-30-28-26-24-22-20-17-14-11-8-5-2/h8,11,17,20,24,26,30,38,66H,4-7,9-10,12-16,18-19,21-23,25,27-29,31-37,39-65H2,1-3H3/b11-8-,20-17-,26-24-,38-30-. The fourth-order valence-electron chi connectivity index (χ4n) is 9.91. The van der Waals surface area contributed by atoms with Crippen LogP contribution >= 0.6 is 0 Å². The molecule has 0 aromatic heterocycles. The van der Waals surface area contributed by atoms with Gasteiger partial charge in [-0.05, 0) is 57.8 Å². The van der Waals surface area contributed by atoms with Crippen LogP contribution in [-0.4, -0.2) is 37.2 Å². The number of carbonyl (C=O) groups excluding carboxylic acids is 3. The number of hydrogen-bond acceptors (Lipinski definition) is 6. The molecule has 0 saturated heterocycles. The van der Waals surface area contributed by atoms with Crippen molar-refractivity contribution in [2.24, 2.45) is 0 Å². The summed E-state index contributed by atoms with van der Waals surface area (Å²) >= 11 is 0. The molecule has 0 aromatic carbocycles. The Hall–Kier alpha value is -2.63. The Morgan fingerprint density at radius 1 is 0.280 bits per heavy atom. The van der Waals surface area contributed by atoms with Crippen LogP contribution in [0, 0.1) is 0 Å². The molecule has 0 aliphatic carbocycles.